The number of nitriles is 1. The van der Waals surface area contributed by atoms with E-state index in [2.05, 4.69) is 35.4 Å². The quantitative estimate of drug-likeness (QED) is 0.741. The molecule has 5 heteroatoms. The highest BCUT2D eigenvalue weighted by Crippen LogP contribution is 2.26. The maximum Gasteiger partial charge on any atom is 0.191 e. The standard InChI is InChI=1S/C18H16N4O/c1-3-13-4-8-15(9-5-13)22-18(17(12-19)20-21-22)14-6-10-16(23-2)11-7-14/h4-11H,3H2,1-2H3. The third-order valence-electron chi connectivity index (χ3n) is 3.73. The van der Waals surface area contributed by atoms with Crippen LogP contribution in [0.3, 0.4) is 0 Å². The van der Waals surface area contributed by atoms with Crippen molar-refractivity contribution < 1.29 is 4.74 Å². The van der Waals surface area contributed by atoms with Gasteiger partial charge in [-0.25, -0.2) is 4.68 Å². The van der Waals surface area contributed by atoms with Crippen LogP contribution in [0, 0.1) is 11.3 Å². The second-order valence-corrected chi connectivity index (χ2v) is 5.06. The van der Waals surface area contributed by atoms with Gasteiger partial charge in [-0.3, -0.25) is 0 Å². The van der Waals surface area contributed by atoms with Gasteiger partial charge in [-0.15, -0.1) is 5.10 Å². The monoisotopic (exact) mass is 304 g/mol. The van der Waals surface area contributed by atoms with Crippen molar-refractivity contribution in [3.8, 4) is 28.8 Å². The summed E-state index contributed by atoms with van der Waals surface area (Å²) in [5, 5.41) is 17.5. The van der Waals surface area contributed by atoms with Gasteiger partial charge in [0.1, 0.15) is 17.5 Å². The van der Waals surface area contributed by atoms with Crippen LogP contribution in [0.1, 0.15) is 18.2 Å². The first kappa shape index (κ1) is 14.8. The largest absolute Gasteiger partial charge is 0.497 e. The molecule has 0 unspecified atom stereocenters. The van der Waals surface area contributed by atoms with Crippen LogP contribution in [0.2, 0.25) is 0 Å². The first-order valence-corrected chi connectivity index (χ1v) is 7.36. The predicted molar refractivity (Wildman–Crippen MR) is 87.4 cm³/mol. The van der Waals surface area contributed by atoms with Crippen LogP contribution < -0.4 is 4.74 Å². The summed E-state index contributed by atoms with van der Waals surface area (Å²) in [4.78, 5) is 0. The molecule has 1 aromatic heterocycles. The minimum Gasteiger partial charge on any atom is -0.497 e. The molecule has 0 bridgehead atoms. The van der Waals surface area contributed by atoms with Gasteiger partial charge in [0, 0.05) is 5.56 Å². The maximum absolute atomic E-state index is 9.33. The van der Waals surface area contributed by atoms with E-state index in [-0.39, 0.29) is 0 Å². The lowest BCUT2D eigenvalue weighted by Gasteiger charge is -2.08. The summed E-state index contributed by atoms with van der Waals surface area (Å²) in [5.74, 6) is 0.763. The van der Waals surface area contributed by atoms with Gasteiger partial charge >= 0.3 is 0 Å². The van der Waals surface area contributed by atoms with Crippen LogP contribution in [-0.2, 0) is 6.42 Å². The molecular weight excluding hydrogens is 288 g/mol. The number of benzene rings is 2. The van der Waals surface area contributed by atoms with E-state index in [1.165, 1.54) is 5.56 Å². The van der Waals surface area contributed by atoms with Crippen LogP contribution in [0.5, 0.6) is 5.75 Å². The summed E-state index contributed by atoms with van der Waals surface area (Å²) in [6, 6.07) is 17.7. The zero-order valence-electron chi connectivity index (χ0n) is 13.0. The van der Waals surface area contributed by atoms with Gasteiger partial charge in [0.05, 0.1) is 12.8 Å². The molecule has 0 saturated heterocycles. The van der Waals surface area contributed by atoms with Crippen molar-refractivity contribution in [1.29, 1.82) is 5.26 Å². The van der Waals surface area contributed by atoms with Gasteiger partial charge in [-0.1, -0.05) is 24.3 Å². The summed E-state index contributed by atoms with van der Waals surface area (Å²) >= 11 is 0. The van der Waals surface area contributed by atoms with E-state index < -0.39 is 0 Å². The molecule has 0 aliphatic heterocycles. The summed E-state index contributed by atoms with van der Waals surface area (Å²) in [6.45, 7) is 2.11. The highest BCUT2D eigenvalue weighted by Gasteiger charge is 2.16. The van der Waals surface area contributed by atoms with E-state index in [1.807, 2.05) is 36.4 Å². The number of ether oxygens (including phenoxy) is 1. The van der Waals surface area contributed by atoms with Crippen LogP contribution in [-0.4, -0.2) is 22.1 Å². The maximum atomic E-state index is 9.33. The minimum absolute atomic E-state index is 0.301. The molecule has 3 aromatic rings. The molecule has 0 spiro atoms. The first-order valence-electron chi connectivity index (χ1n) is 7.36. The topological polar surface area (TPSA) is 63.7 Å². The lowest BCUT2D eigenvalue weighted by atomic mass is 10.1. The third kappa shape index (κ3) is 2.79. The van der Waals surface area contributed by atoms with E-state index in [9.17, 15) is 5.26 Å². The normalized spacial score (nSPS) is 10.3. The molecule has 0 atom stereocenters. The Hall–Kier alpha value is -3.13. The molecule has 0 aliphatic carbocycles. The number of aromatic nitrogens is 3. The van der Waals surface area contributed by atoms with Crippen molar-refractivity contribution in [1.82, 2.24) is 15.0 Å². The Bertz CT molecular complexity index is 842. The van der Waals surface area contributed by atoms with Crippen molar-refractivity contribution in [2.24, 2.45) is 0 Å². The number of hydrogen-bond acceptors (Lipinski definition) is 4. The van der Waals surface area contributed by atoms with Gasteiger partial charge in [0.25, 0.3) is 0 Å². The summed E-state index contributed by atoms with van der Waals surface area (Å²) in [7, 11) is 1.62. The second-order valence-electron chi connectivity index (χ2n) is 5.06. The van der Waals surface area contributed by atoms with E-state index >= 15 is 0 Å². The Labute approximate surface area is 134 Å². The SMILES string of the molecule is CCc1ccc(-n2nnc(C#N)c2-c2ccc(OC)cc2)cc1. The van der Waals surface area contributed by atoms with Gasteiger partial charge in [-0.05, 0) is 48.4 Å². The van der Waals surface area contributed by atoms with Crippen molar-refractivity contribution in [2.45, 2.75) is 13.3 Å². The number of rotatable bonds is 4. The number of nitrogens with zero attached hydrogens (tertiary/aromatic N) is 4. The molecule has 3 rings (SSSR count). The average Bonchev–Trinajstić information content (AvgIpc) is 3.06. The predicted octanol–water partition coefficient (Wildman–Crippen LogP) is 3.38. The van der Waals surface area contributed by atoms with E-state index in [4.69, 9.17) is 4.74 Å². The Morgan fingerprint density at radius 2 is 1.78 bits per heavy atom. The molecule has 23 heavy (non-hydrogen) atoms. The third-order valence-corrected chi connectivity index (χ3v) is 3.73. The zero-order chi connectivity index (χ0) is 16.2. The lowest BCUT2D eigenvalue weighted by molar-refractivity contribution is 0.415. The van der Waals surface area contributed by atoms with Gasteiger partial charge in [0.15, 0.2) is 5.69 Å². The summed E-state index contributed by atoms with van der Waals surface area (Å²) < 4.78 is 6.87. The van der Waals surface area contributed by atoms with Crippen molar-refractivity contribution in [3.63, 3.8) is 0 Å². The Morgan fingerprint density at radius 3 is 2.35 bits per heavy atom. The fourth-order valence-electron chi connectivity index (χ4n) is 2.42. The summed E-state index contributed by atoms with van der Waals surface area (Å²) in [6.07, 6.45) is 0.979. The van der Waals surface area contributed by atoms with Crippen LogP contribution >= 0.6 is 0 Å². The van der Waals surface area contributed by atoms with Gasteiger partial charge in [0.2, 0.25) is 0 Å². The fourth-order valence-corrected chi connectivity index (χ4v) is 2.42. The molecule has 1 heterocycles. The van der Waals surface area contributed by atoms with Crippen molar-refractivity contribution in [3.05, 3.63) is 59.8 Å². The van der Waals surface area contributed by atoms with Crippen molar-refractivity contribution in [2.75, 3.05) is 7.11 Å². The number of aryl methyl sites for hydroxylation is 1. The number of methoxy groups -OCH3 is 1. The van der Waals surface area contributed by atoms with Crippen LogP contribution in [0.4, 0.5) is 0 Å². The lowest BCUT2D eigenvalue weighted by Crippen LogP contribution is -2.00. The van der Waals surface area contributed by atoms with Crippen LogP contribution in [0.25, 0.3) is 16.9 Å². The van der Waals surface area contributed by atoms with E-state index in [0.29, 0.717) is 11.4 Å². The highest BCUT2D eigenvalue weighted by molar-refractivity contribution is 5.67. The zero-order valence-corrected chi connectivity index (χ0v) is 13.0. The molecule has 0 N–H and O–H groups in total. The Kier molecular flexibility index (Phi) is 4.07. The van der Waals surface area contributed by atoms with E-state index in [0.717, 1.165) is 23.4 Å². The molecule has 0 aliphatic rings. The molecule has 0 radical (unpaired) electrons. The Balaban J connectivity index is 2.11. The second kappa shape index (κ2) is 6.32. The molecule has 0 amide bonds. The van der Waals surface area contributed by atoms with E-state index in [1.54, 1.807) is 11.8 Å². The summed E-state index contributed by atoms with van der Waals surface area (Å²) in [5.41, 5.74) is 3.98. The minimum atomic E-state index is 0.301. The molecule has 0 fully saturated rings. The first-order chi connectivity index (χ1) is 11.3. The molecule has 2 aromatic carbocycles. The van der Waals surface area contributed by atoms with Crippen molar-refractivity contribution >= 4 is 0 Å². The Morgan fingerprint density at radius 1 is 1.09 bits per heavy atom. The number of hydrogen-bond donors (Lipinski definition) is 0. The molecule has 5 nitrogen and oxygen atoms in total. The van der Waals surface area contributed by atoms with Crippen LogP contribution in [0.15, 0.2) is 48.5 Å². The highest BCUT2D eigenvalue weighted by atomic mass is 16.5. The fraction of sp³-hybridized carbons (Fsp3) is 0.167. The molecule has 114 valence electrons. The molecular formula is C18H16N4O. The van der Waals surface area contributed by atoms with Gasteiger partial charge < -0.3 is 4.74 Å². The smallest absolute Gasteiger partial charge is 0.191 e. The average molecular weight is 304 g/mol. The van der Waals surface area contributed by atoms with Gasteiger partial charge in [-0.2, -0.15) is 5.26 Å². The molecule has 0 saturated carbocycles.